The van der Waals surface area contributed by atoms with Gasteiger partial charge in [-0.05, 0) is 36.1 Å². The van der Waals surface area contributed by atoms with Crippen LogP contribution in [0.4, 0.5) is 0 Å². The van der Waals surface area contributed by atoms with Crippen LogP contribution < -0.4 is 5.32 Å². The fraction of sp³-hybridized carbons (Fsp3) is 0.692. The number of rotatable bonds is 6. The molecule has 1 saturated carbocycles. The third-order valence-electron chi connectivity index (χ3n) is 3.27. The van der Waals surface area contributed by atoms with E-state index in [0.29, 0.717) is 18.5 Å². The molecule has 1 heterocycles. The average molecular weight is 239 g/mol. The van der Waals surface area contributed by atoms with Crippen molar-refractivity contribution >= 4 is 11.3 Å². The Hall–Kier alpha value is -0.380. The molecule has 1 fully saturated rings. The van der Waals surface area contributed by atoms with E-state index in [4.69, 9.17) is 0 Å². The Morgan fingerprint density at radius 2 is 2.25 bits per heavy atom. The molecule has 2 rings (SSSR count). The summed E-state index contributed by atoms with van der Waals surface area (Å²) in [4.78, 5) is 1.06. The molecule has 1 aromatic rings. The molecule has 0 aliphatic heterocycles. The highest BCUT2D eigenvalue weighted by Crippen LogP contribution is 2.35. The van der Waals surface area contributed by atoms with Gasteiger partial charge >= 0.3 is 0 Å². The maximum atomic E-state index is 9.99. The minimum absolute atomic E-state index is 0.347. The summed E-state index contributed by atoms with van der Waals surface area (Å²) in [5.41, 5.74) is 0. The van der Waals surface area contributed by atoms with Crippen molar-refractivity contribution < 1.29 is 5.11 Å². The van der Waals surface area contributed by atoms with Crippen molar-refractivity contribution in [1.29, 1.82) is 0 Å². The van der Waals surface area contributed by atoms with Crippen LogP contribution in [-0.4, -0.2) is 17.7 Å². The Morgan fingerprint density at radius 3 is 2.75 bits per heavy atom. The summed E-state index contributed by atoms with van der Waals surface area (Å²) in [6.07, 6.45) is 2.36. The van der Waals surface area contributed by atoms with Crippen LogP contribution in [-0.2, 0) is 0 Å². The highest BCUT2D eigenvalue weighted by molar-refractivity contribution is 7.10. The van der Waals surface area contributed by atoms with E-state index in [1.807, 2.05) is 17.5 Å². The topological polar surface area (TPSA) is 32.3 Å². The average Bonchev–Trinajstić information content (AvgIpc) is 2.93. The number of aliphatic hydroxyl groups excluding tert-OH is 1. The summed E-state index contributed by atoms with van der Waals surface area (Å²) in [7, 11) is 0. The molecule has 1 aromatic heterocycles. The first-order valence-electron chi connectivity index (χ1n) is 6.13. The summed E-state index contributed by atoms with van der Waals surface area (Å²) in [5.74, 6) is 1.50. The maximum Gasteiger partial charge on any atom is 0.101 e. The minimum Gasteiger partial charge on any atom is -0.386 e. The maximum absolute atomic E-state index is 9.99. The van der Waals surface area contributed by atoms with E-state index in [9.17, 15) is 5.11 Å². The van der Waals surface area contributed by atoms with Crippen LogP contribution in [0.25, 0.3) is 0 Å². The van der Waals surface area contributed by atoms with E-state index in [-0.39, 0.29) is 6.10 Å². The SMILES string of the molecule is CC(C)C(NCC(O)c1cccs1)C1CC1. The Labute approximate surface area is 102 Å². The Bertz CT molecular complexity index is 304. The third kappa shape index (κ3) is 3.06. The molecule has 3 heteroatoms. The van der Waals surface area contributed by atoms with E-state index in [0.717, 1.165) is 10.8 Å². The molecule has 0 amide bonds. The van der Waals surface area contributed by atoms with Gasteiger partial charge in [0.2, 0.25) is 0 Å². The molecule has 0 spiro atoms. The van der Waals surface area contributed by atoms with Crippen molar-refractivity contribution in [2.45, 2.75) is 38.8 Å². The predicted molar refractivity (Wildman–Crippen MR) is 68.6 cm³/mol. The van der Waals surface area contributed by atoms with Crippen molar-refractivity contribution in [2.75, 3.05) is 6.54 Å². The standard InChI is InChI=1S/C13H21NOS/c1-9(2)13(10-5-6-10)14-8-11(15)12-4-3-7-16-12/h3-4,7,9-11,13-15H,5-6,8H2,1-2H3. The summed E-state index contributed by atoms with van der Waals surface area (Å²) >= 11 is 1.63. The van der Waals surface area contributed by atoms with Crippen LogP contribution in [0.1, 0.15) is 37.7 Å². The molecule has 90 valence electrons. The number of hydrogen-bond acceptors (Lipinski definition) is 3. The quantitative estimate of drug-likeness (QED) is 0.800. The highest BCUT2D eigenvalue weighted by atomic mass is 32.1. The molecule has 0 bridgehead atoms. The lowest BCUT2D eigenvalue weighted by molar-refractivity contribution is 0.166. The van der Waals surface area contributed by atoms with E-state index < -0.39 is 0 Å². The third-order valence-corrected chi connectivity index (χ3v) is 4.24. The van der Waals surface area contributed by atoms with Gasteiger partial charge in [-0.1, -0.05) is 19.9 Å². The van der Waals surface area contributed by atoms with Crippen LogP contribution in [0.5, 0.6) is 0 Å². The van der Waals surface area contributed by atoms with Crippen molar-refractivity contribution in [2.24, 2.45) is 11.8 Å². The molecule has 0 aromatic carbocycles. The number of hydrogen-bond donors (Lipinski definition) is 2. The first-order chi connectivity index (χ1) is 7.68. The number of aliphatic hydroxyl groups is 1. The lowest BCUT2D eigenvalue weighted by atomic mass is 9.99. The van der Waals surface area contributed by atoms with Gasteiger partial charge in [0.15, 0.2) is 0 Å². The highest BCUT2D eigenvalue weighted by Gasteiger charge is 2.33. The predicted octanol–water partition coefficient (Wildman–Crippen LogP) is 2.81. The smallest absolute Gasteiger partial charge is 0.101 e. The molecule has 2 nitrogen and oxygen atoms in total. The zero-order valence-electron chi connectivity index (χ0n) is 10.0. The van der Waals surface area contributed by atoms with Crippen LogP contribution in [0.2, 0.25) is 0 Å². The van der Waals surface area contributed by atoms with E-state index in [1.54, 1.807) is 11.3 Å². The Balaban J connectivity index is 1.81. The van der Waals surface area contributed by atoms with Gasteiger partial charge < -0.3 is 10.4 Å². The molecule has 2 N–H and O–H groups in total. The van der Waals surface area contributed by atoms with E-state index in [2.05, 4.69) is 19.2 Å². The summed E-state index contributed by atoms with van der Waals surface area (Å²) in [5, 5.41) is 15.5. The second-order valence-corrected chi connectivity index (χ2v) is 6.03. The van der Waals surface area contributed by atoms with Gasteiger partial charge in [-0.3, -0.25) is 0 Å². The van der Waals surface area contributed by atoms with Gasteiger partial charge in [-0.2, -0.15) is 0 Å². The van der Waals surface area contributed by atoms with Gasteiger partial charge in [0.25, 0.3) is 0 Å². The fourth-order valence-corrected chi connectivity index (χ4v) is 2.94. The lowest BCUT2D eigenvalue weighted by Gasteiger charge is -2.23. The van der Waals surface area contributed by atoms with Gasteiger partial charge in [0.05, 0.1) is 0 Å². The summed E-state index contributed by atoms with van der Waals surface area (Å²) in [6, 6.07) is 4.57. The zero-order valence-corrected chi connectivity index (χ0v) is 10.8. The zero-order chi connectivity index (χ0) is 11.5. The van der Waals surface area contributed by atoms with Gasteiger partial charge in [0, 0.05) is 17.5 Å². The normalized spacial score (nSPS) is 20.0. The van der Waals surface area contributed by atoms with Crippen LogP contribution in [0.3, 0.4) is 0 Å². The molecule has 0 saturated heterocycles. The number of thiophene rings is 1. The molecule has 1 aliphatic carbocycles. The summed E-state index contributed by atoms with van der Waals surface area (Å²) in [6.45, 7) is 5.20. The molecule has 1 aliphatic rings. The van der Waals surface area contributed by atoms with Crippen molar-refractivity contribution in [3.63, 3.8) is 0 Å². The Kier molecular flexibility index (Phi) is 4.00. The molecule has 0 radical (unpaired) electrons. The van der Waals surface area contributed by atoms with Crippen LogP contribution >= 0.6 is 11.3 Å². The van der Waals surface area contributed by atoms with Gasteiger partial charge in [-0.15, -0.1) is 11.3 Å². The van der Waals surface area contributed by atoms with E-state index in [1.165, 1.54) is 12.8 Å². The monoisotopic (exact) mass is 239 g/mol. The number of nitrogens with one attached hydrogen (secondary N) is 1. The van der Waals surface area contributed by atoms with Gasteiger partial charge in [0.1, 0.15) is 6.10 Å². The molecule has 16 heavy (non-hydrogen) atoms. The van der Waals surface area contributed by atoms with Crippen molar-refractivity contribution in [3.8, 4) is 0 Å². The van der Waals surface area contributed by atoms with Crippen molar-refractivity contribution in [1.82, 2.24) is 5.32 Å². The van der Waals surface area contributed by atoms with Crippen LogP contribution in [0, 0.1) is 11.8 Å². The molecular weight excluding hydrogens is 218 g/mol. The van der Waals surface area contributed by atoms with E-state index >= 15 is 0 Å². The van der Waals surface area contributed by atoms with Crippen LogP contribution in [0.15, 0.2) is 17.5 Å². The van der Waals surface area contributed by atoms with Gasteiger partial charge in [-0.25, -0.2) is 0 Å². The second kappa shape index (κ2) is 5.30. The lowest BCUT2D eigenvalue weighted by Crippen LogP contribution is -2.38. The first-order valence-corrected chi connectivity index (χ1v) is 7.01. The molecule has 2 unspecified atom stereocenters. The second-order valence-electron chi connectivity index (χ2n) is 5.05. The molecular formula is C13H21NOS. The largest absolute Gasteiger partial charge is 0.386 e. The fourth-order valence-electron chi connectivity index (χ4n) is 2.23. The molecule has 2 atom stereocenters. The minimum atomic E-state index is -0.347. The Morgan fingerprint density at radius 1 is 1.50 bits per heavy atom. The first kappa shape index (κ1) is 12.1. The van der Waals surface area contributed by atoms with Crippen molar-refractivity contribution in [3.05, 3.63) is 22.4 Å². The summed E-state index contributed by atoms with van der Waals surface area (Å²) < 4.78 is 0.